The van der Waals surface area contributed by atoms with Gasteiger partial charge in [0.25, 0.3) is 5.91 Å². The average Bonchev–Trinajstić information content (AvgIpc) is 3.03. The summed E-state index contributed by atoms with van der Waals surface area (Å²) in [5, 5.41) is 4.02. The van der Waals surface area contributed by atoms with Gasteiger partial charge in [0, 0.05) is 24.1 Å². The van der Waals surface area contributed by atoms with Gasteiger partial charge < -0.3 is 19.1 Å². The highest BCUT2D eigenvalue weighted by Gasteiger charge is 2.41. The Hall–Kier alpha value is -1.40. The second-order valence-electron chi connectivity index (χ2n) is 8.23. The van der Waals surface area contributed by atoms with E-state index in [4.69, 9.17) is 9.26 Å². The molecule has 1 aromatic heterocycles. The molecular weight excluding hydrogens is 306 g/mol. The van der Waals surface area contributed by atoms with Gasteiger partial charge in [0.2, 0.25) is 0 Å². The molecule has 1 saturated heterocycles. The Kier molecular flexibility index (Phi) is 4.71. The lowest BCUT2D eigenvalue weighted by Gasteiger charge is -2.46. The molecule has 3 unspecified atom stereocenters. The van der Waals surface area contributed by atoms with Gasteiger partial charge >= 0.3 is 0 Å². The maximum absolute atomic E-state index is 12.9. The van der Waals surface area contributed by atoms with Crippen molar-refractivity contribution in [2.24, 2.45) is 0 Å². The van der Waals surface area contributed by atoms with E-state index in [1.165, 1.54) is 0 Å². The number of amides is 1. The van der Waals surface area contributed by atoms with E-state index in [0.29, 0.717) is 24.9 Å². The first-order valence-corrected chi connectivity index (χ1v) is 8.83. The van der Waals surface area contributed by atoms with Crippen LogP contribution >= 0.6 is 0 Å². The van der Waals surface area contributed by atoms with Gasteiger partial charge in [0.1, 0.15) is 5.76 Å². The third kappa shape index (κ3) is 3.35. The fourth-order valence-corrected chi connectivity index (χ4v) is 3.69. The summed E-state index contributed by atoms with van der Waals surface area (Å²) in [6.07, 6.45) is 3.17. The van der Waals surface area contributed by atoms with Crippen molar-refractivity contribution < 1.29 is 14.1 Å². The maximum Gasteiger partial charge on any atom is 0.276 e. The normalized spacial score (nSPS) is 28.1. The molecule has 24 heavy (non-hydrogen) atoms. The number of carbonyl (C=O) groups is 1. The highest BCUT2D eigenvalue weighted by molar-refractivity contribution is 5.92. The molecule has 1 aliphatic carbocycles. The molecule has 1 aromatic rings. The summed E-state index contributed by atoms with van der Waals surface area (Å²) < 4.78 is 11.4. The maximum atomic E-state index is 12.9. The van der Waals surface area contributed by atoms with Crippen molar-refractivity contribution in [3.8, 4) is 0 Å². The Bertz CT molecular complexity index is 591. The molecular formula is C18H29N3O3. The Morgan fingerprint density at radius 1 is 1.33 bits per heavy atom. The quantitative estimate of drug-likeness (QED) is 0.830. The minimum absolute atomic E-state index is 0.0316. The van der Waals surface area contributed by atoms with Crippen LogP contribution in [0.15, 0.2) is 10.6 Å². The molecule has 134 valence electrons. The van der Waals surface area contributed by atoms with Crippen LogP contribution in [0.3, 0.4) is 0 Å². The lowest BCUT2D eigenvalue weighted by atomic mass is 9.86. The predicted octanol–water partition coefficient (Wildman–Crippen LogP) is 2.30. The van der Waals surface area contributed by atoms with E-state index in [1.807, 2.05) is 4.90 Å². The fraction of sp³-hybridized carbons (Fsp3) is 0.778. The molecule has 3 rings (SSSR count). The van der Waals surface area contributed by atoms with Crippen molar-refractivity contribution in [3.63, 3.8) is 0 Å². The summed E-state index contributed by atoms with van der Waals surface area (Å²) >= 11 is 0. The van der Waals surface area contributed by atoms with Gasteiger partial charge in [0.05, 0.1) is 18.8 Å². The minimum Gasteiger partial charge on any atom is -0.374 e. The zero-order chi connectivity index (χ0) is 17.5. The topological polar surface area (TPSA) is 58.8 Å². The molecule has 2 fully saturated rings. The first kappa shape index (κ1) is 17.4. The Morgan fingerprint density at radius 3 is 2.71 bits per heavy atom. The summed E-state index contributed by atoms with van der Waals surface area (Å²) in [6, 6.07) is 2.47. The lowest BCUT2D eigenvalue weighted by molar-refractivity contribution is -0.0879. The van der Waals surface area contributed by atoms with Gasteiger partial charge in [0.15, 0.2) is 5.69 Å². The van der Waals surface area contributed by atoms with Crippen molar-refractivity contribution in [1.82, 2.24) is 15.0 Å². The predicted molar refractivity (Wildman–Crippen MR) is 91.1 cm³/mol. The van der Waals surface area contributed by atoms with Crippen LogP contribution in [0.25, 0.3) is 0 Å². The van der Waals surface area contributed by atoms with Gasteiger partial charge in [-0.1, -0.05) is 25.9 Å². The molecule has 0 radical (unpaired) electrons. The number of aromatic nitrogens is 1. The zero-order valence-electron chi connectivity index (χ0n) is 15.4. The van der Waals surface area contributed by atoms with Crippen LogP contribution in [-0.4, -0.2) is 66.3 Å². The van der Waals surface area contributed by atoms with Crippen LogP contribution in [0, 0.1) is 0 Å². The van der Waals surface area contributed by atoms with Crippen LogP contribution in [0.1, 0.15) is 56.3 Å². The molecule has 0 bridgehead atoms. The SMILES string of the molecule is CN(C)C1CCC2C(C1)OCCN2C(=O)c1cc(C(C)(C)C)on1. The number of hydrogen-bond donors (Lipinski definition) is 0. The first-order valence-electron chi connectivity index (χ1n) is 8.83. The monoisotopic (exact) mass is 335 g/mol. The molecule has 0 spiro atoms. The molecule has 1 aliphatic heterocycles. The van der Waals surface area contributed by atoms with Crippen LogP contribution in [0.5, 0.6) is 0 Å². The Morgan fingerprint density at radius 2 is 2.08 bits per heavy atom. The number of nitrogens with zero attached hydrogens (tertiary/aromatic N) is 3. The molecule has 2 aliphatic rings. The summed E-state index contributed by atoms with van der Waals surface area (Å²) in [4.78, 5) is 17.2. The van der Waals surface area contributed by atoms with E-state index in [-0.39, 0.29) is 23.5 Å². The second kappa shape index (κ2) is 6.48. The van der Waals surface area contributed by atoms with Gasteiger partial charge in [-0.3, -0.25) is 4.79 Å². The van der Waals surface area contributed by atoms with Crippen molar-refractivity contribution in [3.05, 3.63) is 17.5 Å². The fourth-order valence-electron chi connectivity index (χ4n) is 3.69. The highest BCUT2D eigenvalue weighted by atomic mass is 16.5. The molecule has 0 N–H and O–H groups in total. The number of hydrogen-bond acceptors (Lipinski definition) is 5. The third-order valence-corrected chi connectivity index (χ3v) is 5.25. The Balaban J connectivity index is 1.74. The van der Waals surface area contributed by atoms with E-state index in [1.54, 1.807) is 6.07 Å². The zero-order valence-corrected chi connectivity index (χ0v) is 15.4. The number of morpholine rings is 1. The van der Waals surface area contributed by atoms with Gasteiger partial charge in [-0.05, 0) is 33.4 Å². The van der Waals surface area contributed by atoms with E-state index in [2.05, 4.69) is 44.9 Å². The molecule has 1 amide bonds. The minimum atomic E-state index is -0.150. The van der Waals surface area contributed by atoms with Crippen LogP contribution in [0.4, 0.5) is 0 Å². The summed E-state index contributed by atoms with van der Waals surface area (Å²) in [6.45, 7) is 7.38. The number of ether oxygens (including phenoxy) is 1. The summed E-state index contributed by atoms with van der Waals surface area (Å²) in [7, 11) is 4.22. The van der Waals surface area contributed by atoms with Gasteiger partial charge in [-0.15, -0.1) is 0 Å². The van der Waals surface area contributed by atoms with E-state index < -0.39 is 0 Å². The number of fused-ring (bicyclic) bond motifs is 1. The summed E-state index contributed by atoms with van der Waals surface area (Å²) in [5.41, 5.74) is 0.262. The van der Waals surface area contributed by atoms with E-state index in [0.717, 1.165) is 25.0 Å². The molecule has 3 atom stereocenters. The standard InChI is InChI=1S/C18H29N3O3/c1-18(2,3)16-11-13(19-24-16)17(22)21-8-9-23-15-10-12(20(4)5)6-7-14(15)21/h11-12,14-15H,6-10H2,1-5H3. The van der Waals surface area contributed by atoms with Crippen molar-refractivity contribution in [2.75, 3.05) is 27.2 Å². The van der Waals surface area contributed by atoms with Gasteiger partial charge in [-0.2, -0.15) is 0 Å². The largest absolute Gasteiger partial charge is 0.374 e. The average molecular weight is 335 g/mol. The lowest BCUT2D eigenvalue weighted by Crippen LogP contribution is -2.57. The van der Waals surface area contributed by atoms with Crippen molar-refractivity contribution >= 4 is 5.91 Å². The smallest absolute Gasteiger partial charge is 0.276 e. The molecule has 6 heteroatoms. The summed E-state index contributed by atoms with van der Waals surface area (Å²) in [5.74, 6) is 0.711. The van der Waals surface area contributed by atoms with E-state index >= 15 is 0 Å². The van der Waals surface area contributed by atoms with Crippen LogP contribution < -0.4 is 0 Å². The second-order valence-corrected chi connectivity index (χ2v) is 8.23. The number of carbonyl (C=O) groups excluding carboxylic acids is 1. The van der Waals surface area contributed by atoms with Crippen molar-refractivity contribution in [2.45, 2.75) is 63.6 Å². The third-order valence-electron chi connectivity index (χ3n) is 5.25. The number of rotatable bonds is 2. The van der Waals surface area contributed by atoms with Gasteiger partial charge in [-0.25, -0.2) is 0 Å². The molecule has 1 saturated carbocycles. The molecule has 0 aromatic carbocycles. The van der Waals surface area contributed by atoms with Crippen LogP contribution in [0.2, 0.25) is 0 Å². The first-order chi connectivity index (χ1) is 11.3. The molecule has 2 heterocycles. The molecule has 6 nitrogen and oxygen atoms in total. The van der Waals surface area contributed by atoms with Crippen molar-refractivity contribution in [1.29, 1.82) is 0 Å². The van der Waals surface area contributed by atoms with E-state index in [9.17, 15) is 4.79 Å². The van der Waals surface area contributed by atoms with Crippen LogP contribution in [-0.2, 0) is 10.2 Å². The highest BCUT2D eigenvalue weighted by Crippen LogP contribution is 2.32. The Labute approximate surface area is 144 Å².